The summed E-state index contributed by atoms with van der Waals surface area (Å²) < 4.78 is 6.07. The molecule has 172 valence electrons. The molecule has 1 aromatic heterocycles. The number of anilines is 2. The van der Waals surface area contributed by atoms with E-state index in [4.69, 9.17) is 16.2 Å². The summed E-state index contributed by atoms with van der Waals surface area (Å²) >= 11 is 0. The lowest BCUT2D eigenvalue weighted by atomic mass is 9.87. The molecule has 3 aromatic carbocycles. The molecule has 0 aliphatic carbocycles. The van der Waals surface area contributed by atoms with E-state index < -0.39 is 6.10 Å². The number of β-amino-alcohol motifs (C(OH)–C–C–N with tert-alkyl or cyclic N) is 1. The van der Waals surface area contributed by atoms with E-state index in [1.807, 2.05) is 42.5 Å². The van der Waals surface area contributed by atoms with Gasteiger partial charge in [-0.25, -0.2) is 4.98 Å². The normalized spacial score (nSPS) is 19.5. The molecule has 0 saturated carbocycles. The van der Waals surface area contributed by atoms with E-state index in [2.05, 4.69) is 16.9 Å². The maximum atomic E-state index is 13.3. The lowest BCUT2D eigenvalue weighted by Crippen LogP contribution is -2.29. The summed E-state index contributed by atoms with van der Waals surface area (Å²) in [6.45, 7) is 3.58. The molecular formula is C26H25N5O3. The van der Waals surface area contributed by atoms with Gasteiger partial charge in [-0.15, -0.1) is 0 Å². The first-order valence-corrected chi connectivity index (χ1v) is 11.4. The number of aliphatic hydroxyl groups excluding tert-OH is 1. The molecule has 2 aliphatic rings. The van der Waals surface area contributed by atoms with Crippen molar-refractivity contribution in [2.75, 3.05) is 31.2 Å². The smallest absolute Gasteiger partial charge is 0.254 e. The lowest BCUT2D eigenvalue weighted by Gasteiger charge is -2.19. The van der Waals surface area contributed by atoms with Crippen molar-refractivity contribution >= 4 is 39.3 Å². The average Bonchev–Trinajstić information content (AvgIpc) is 3.43. The summed E-state index contributed by atoms with van der Waals surface area (Å²) in [6, 6.07) is 13.8. The number of aliphatic hydroxyl groups is 1. The van der Waals surface area contributed by atoms with Gasteiger partial charge in [0.1, 0.15) is 11.6 Å². The summed E-state index contributed by atoms with van der Waals surface area (Å²) in [5.41, 5.74) is 16.4. The van der Waals surface area contributed by atoms with Crippen LogP contribution >= 0.6 is 0 Å². The van der Waals surface area contributed by atoms with Gasteiger partial charge in [-0.3, -0.25) is 4.79 Å². The quantitative estimate of drug-likeness (QED) is 0.423. The van der Waals surface area contributed by atoms with Gasteiger partial charge < -0.3 is 26.2 Å². The third-order valence-corrected chi connectivity index (χ3v) is 6.89. The molecule has 8 heteroatoms. The second kappa shape index (κ2) is 7.56. The first-order valence-electron chi connectivity index (χ1n) is 11.4. The average molecular weight is 456 g/mol. The van der Waals surface area contributed by atoms with Gasteiger partial charge in [0.05, 0.1) is 23.6 Å². The number of hydrogen-bond donors (Lipinski definition) is 3. The zero-order valence-electron chi connectivity index (χ0n) is 18.8. The number of hydrogen-bond acceptors (Lipinski definition) is 7. The SMILES string of the molecule is CC1COc2c1c(-c1ccc(C(=O)N3CC[C@H](O)C3)c3ccccc13)cc1nc(N)nc(N)c21. The van der Waals surface area contributed by atoms with E-state index >= 15 is 0 Å². The van der Waals surface area contributed by atoms with Crippen molar-refractivity contribution in [3.63, 3.8) is 0 Å². The van der Waals surface area contributed by atoms with Crippen molar-refractivity contribution in [3.8, 4) is 16.9 Å². The summed E-state index contributed by atoms with van der Waals surface area (Å²) in [6.07, 6.45) is 0.148. The second-order valence-corrected chi connectivity index (χ2v) is 9.14. The molecule has 4 aromatic rings. The summed E-state index contributed by atoms with van der Waals surface area (Å²) in [4.78, 5) is 23.6. The van der Waals surface area contributed by atoms with Crippen molar-refractivity contribution in [2.45, 2.75) is 25.4 Å². The van der Waals surface area contributed by atoms with Gasteiger partial charge in [-0.1, -0.05) is 37.3 Å². The zero-order valence-corrected chi connectivity index (χ0v) is 18.8. The second-order valence-electron chi connectivity index (χ2n) is 9.14. The van der Waals surface area contributed by atoms with E-state index in [0.717, 1.165) is 27.5 Å². The number of amides is 1. The fourth-order valence-electron chi connectivity index (χ4n) is 5.29. The van der Waals surface area contributed by atoms with E-state index in [1.165, 1.54) is 0 Å². The van der Waals surface area contributed by atoms with Crippen LogP contribution in [0.3, 0.4) is 0 Å². The highest BCUT2D eigenvalue weighted by Crippen LogP contribution is 2.48. The molecule has 6 rings (SSSR count). The standard InChI is InChI=1S/C26H25N5O3/c1-13-12-34-23-21(13)19(10-20-22(23)24(27)30-26(28)29-20)17-6-7-18(16-5-3-2-4-15(16)17)25(33)31-9-8-14(32)11-31/h2-7,10,13-14,32H,8-9,11-12H2,1H3,(H4,27,28,29,30)/t13?,14-/m0/s1. The summed E-state index contributed by atoms with van der Waals surface area (Å²) in [5.74, 6) is 1.21. The molecule has 2 atom stereocenters. The number of carbonyl (C=O) groups is 1. The van der Waals surface area contributed by atoms with Crippen LogP contribution in [0.5, 0.6) is 5.75 Å². The van der Waals surface area contributed by atoms with Crippen LogP contribution in [-0.4, -0.2) is 51.7 Å². The number of carbonyl (C=O) groups excluding carboxylic acids is 1. The van der Waals surface area contributed by atoms with Gasteiger partial charge in [0, 0.05) is 30.1 Å². The number of aromatic nitrogens is 2. The molecule has 5 N–H and O–H groups in total. The van der Waals surface area contributed by atoms with Gasteiger partial charge in [0.15, 0.2) is 0 Å². The van der Waals surface area contributed by atoms with Crippen molar-refractivity contribution in [2.24, 2.45) is 0 Å². The Labute approximate surface area is 196 Å². The largest absolute Gasteiger partial charge is 0.492 e. The molecule has 0 spiro atoms. The Bertz CT molecular complexity index is 1490. The van der Waals surface area contributed by atoms with Crippen LogP contribution in [0.25, 0.3) is 32.8 Å². The number of nitrogens with two attached hydrogens (primary N) is 2. The van der Waals surface area contributed by atoms with E-state index in [9.17, 15) is 9.90 Å². The maximum Gasteiger partial charge on any atom is 0.254 e. The van der Waals surface area contributed by atoms with Crippen molar-refractivity contribution < 1.29 is 14.6 Å². The highest BCUT2D eigenvalue weighted by molar-refractivity contribution is 6.12. The van der Waals surface area contributed by atoms with Crippen LogP contribution < -0.4 is 16.2 Å². The Hall–Kier alpha value is -3.91. The molecule has 1 fully saturated rings. The Morgan fingerprint density at radius 2 is 1.91 bits per heavy atom. The van der Waals surface area contributed by atoms with Crippen LogP contribution in [0.1, 0.15) is 35.2 Å². The number of benzene rings is 3. The predicted octanol–water partition coefficient (Wildman–Crippen LogP) is 3.32. The summed E-state index contributed by atoms with van der Waals surface area (Å²) in [5, 5.41) is 12.4. The van der Waals surface area contributed by atoms with Gasteiger partial charge >= 0.3 is 0 Å². The van der Waals surface area contributed by atoms with Crippen LogP contribution in [0.4, 0.5) is 11.8 Å². The minimum atomic E-state index is -0.460. The molecule has 1 saturated heterocycles. The lowest BCUT2D eigenvalue weighted by molar-refractivity contribution is 0.0767. The van der Waals surface area contributed by atoms with E-state index in [-0.39, 0.29) is 17.8 Å². The minimum absolute atomic E-state index is 0.0620. The highest BCUT2D eigenvalue weighted by Gasteiger charge is 2.31. The number of likely N-dealkylation sites (tertiary alicyclic amines) is 1. The van der Waals surface area contributed by atoms with Gasteiger partial charge in [-0.05, 0) is 40.5 Å². The minimum Gasteiger partial charge on any atom is -0.492 e. The van der Waals surface area contributed by atoms with Crippen LogP contribution in [0, 0.1) is 0 Å². The first-order chi connectivity index (χ1) is 16.4. The fourth-order valence-corrected chi connectivity index (χ4v) is 5.29. The molecule has 34 heavy (non-hydrogen) atoms. The topological polar surface area (TPSA) is 128 Å². The van der Waals surface area contributed by atoms with Crippen molar-refractivity contribution in [1.82, 2.24) is 14.9 Å². The Morgan fingerprint density at radius 1 is 1.12 bits per heavy atom. The van der Waals surface area contributed by atoms with E-state index in [1.54, 1.807) is 4.90 Å². The van der Waals surface area contributed by atoms with E-state index in [0.29, 0.717) is 54.2 Å². The third kappa shape index (κ3) is 3.06. The summed E-state index contributed by atoms with van der Waals surface area (Å²) in [7, 11) is 0. The predicted molar refractivity (Wildman–Crippen MR) is 132 cm³/mol. The number of ether oxygens (including phenoxy) is 1. The van der Waals surface area contributed by atoms with Crippen LogP contribution in [-0.2, 0) is 0 Å². The monoisotopic (exact) mass is 455 g/mol. The Morgan fingerprint density at radius 3 is 2.68 bits per heavy atom. The number of nitrogen functional groups attached to an aromatic ring is 2. The van der Waals surface area contributed by atoms with Gasteiger partial charge in [-0.2, -0.15) is 4.98 Å². The maximum absolute atomic E-state index is 13.3. The number of fused-ring (bicyclic) bond motifs is 4. The fraction of sp³-hybridized carbons (Fsp3) is 0.269. The number of rotatable bonds is 2. The Balaban J connectivity index is 1.59. The first kappa shape index (κ1) is 20.7. The number of nitrogens with zero attached hydrogens (tertiary/aromatic N) is 3. The highest BCUT2D eigenvalue weighted by atomic mass is 16.5. The molecule has 1 unspecified atom stereocenters. The molecular weight excluding hydrogens is 430 g/mol. The third-order valence-electron chi connectivity index (χ3n) is 6.89. The van der Waals surface area contributed by atoms with Crippen molar-refractivity contribution in [1.29, 1.82) is 0 Å². The van der Waals surface area contributed by atoms with Crippen LogP contribution in [0.2, 0.25) is 0 Å². The molecule has 0 radical (unpaired) electrons. The van der Waals surface area contributed by atoms with Gasteiger partial charge in [0.2, 0.25) is 5.95 Å². The molecule has 8 nitrogen and oxygen atoms in total. The molecule has 3 heterocycles. The molecule has 2 aliphatic heterocycles. The van der Waals surface area contributed by atoms with Gasteiger partial charge in [0.25, 0.3) is 5.91 Å². The molecule has 1 amide bonds. The zero-order chi connectivity index (χ0) is 23.6. The molecule has 0 bridgehead atoms. The van der Waals surface area contributed by atoms with Crippen molar-refractivity contribution in [3.05, 3.63) is 53.6 Å². The van der Waals surface area contributed by atoms with Crippen LogP contribution in [0.15, 0.2) is 42.5 Å². The Kier molecular flexibility index (Phi) is 4.60.